The van der Waals surface area contributed by atoms with Crippen LogP contribution in [0.4, 0.5) is 52.7 Å². The lowest BCUT2D eigenvalue weighted by Gasteiger charge is -2.20. The van der Waals surface area contributed by atoms with E-state index in [0.29, 0.717) is 24.3 Å². The van der Waals surface area contributed by atoms with Crippen molar-refractivity contribution in [2.75, 3.05) is 6.61 Å². The summed E-state index contributed by atoms with van der Waals surface area (Å²) in [6.45, 7) is 1.67. The molecule has 4 rings (SSSR count). The highest BCUT2D eigenvalue weighted by Crippen LogP contribution is 2.39. The van der Waals surface area contributed by atoms with Crippen molar-refractivity contribution in [3.8, 4) is 34.5 Å². The van der Waals surface area contributed by atoms with Crippen molar-refractivity contribution in [2.24, 2.45) is 0 Å². The molecule has 14 heteroatoms. The molecule has 0 heterocycles. The first-order chi connectivity index (χ1) is 20.5. The van der Waals surface area contributed by atoms with Gasteiger partial charge in [0.2, 0.25) is 0 Å². The Labute approximate surface area is 240 Å². The number of alkyl halides is 5. The van der Waals surface area contributed by atoms with Gasteiger partial charge in [-0.05, 0) is 48.9 Å². The van der Waals surface area contributed by atoms with E-state index in [4.69, 9.17) is 4.74 Å². The molecule has 4 aromatic rings. The number of rotatable bonds is 6. The maximum absolute atomic E-state index is 14.8. The Kier molecular flexibility index (Phi) is 8.81. The van der Waals surface area contributed by atoms with Crippen LogP contribution in [0.2, 0.25) is 0 Å². The average Bonchev–Trinajstić information content (AvgIpc) is 2.86. The van der Waals surface area contributed by atoms with Gasteiger partial charge in [0.25, 0.3) is 0 Å². The summed E-state index contributed by atoms with van der Waals surface area (Å²) in [6.07, 6.45) is -10.2. The highest BCUT2D eigenvalue weighted by molar-refractivity contribution is 5.66. The molecule has 0 radical (unpaired) electrons. The monoisotopic (exact) mass is 634 g/mol. The summed E-state index contributed by atoms with van der Waals surface area (Å²) in [7, 11) is 0. The van der Waals surface area contributed by atoms with E-state index in [1.807, 2.05) is 5.92 Å². The lowest BCUT2D eigenvalue weighted by atomic mass is 10.0. The predicted octanol–water partition coefficient (Wildman–Crippen LogP) is 9.27. The topological polar surface area (TPSA) is 18.5 Å². The molecule has 0 atom stereocenters. The second-order valence-electron chi connectivity index (χ2n) is 8.83. The van der Waals surface area contributed by atoms with Crippen LogP contribution in [0.3, 0.4) is 0 Å². The predicted molar refractivity (Wildman–Crippen MR) is 131 cm³/mol. The smallest absolute Gasteiger partial charge is 0.432 e. The molecular formula is C30H14F12O2. The molecule has 0 aromatic heterocycles. The van der Waals surface area contributed by atoms with E-state index in [1.54, 1.807) is 6.92 Å². The van der Waals surface area contributed by atoms with Crippen LogP contribution in [0.5, 0.6) is 11.5 Å². The van der Waals surface area contributed by atoms with Crippen LogP contribution in [0.25, 0.3) is 11.1 Å². The van der Waals surface area contributed by atoms with Crippen LogP contribution in [0.15, 0.2) is 54.6 Å². The molecule has 0 fully saturated rings. The Morgan fingerprint density at radius 3 is 1.61 bits per heavy atom. The van der Waals surface area contributed by atoms with Crippen LogP contribution < -0.4 is 9.47 Å². The van der Waals surface area contributed by atoms with Gasteiger partial charge in [0, 0.05) is 29.3 Å². The summed E-state index contributed by atoms with van der Waals surface area (Å²) in [5.74, 6) is -8.86. The van der Waals surface area contributed by atoms with Crippen LogP contribution in [-0.2, 0) is 12.3 Å². The van der Waals surface area contributed by atoms with Gasteiger partial charge < -0.3 is 9.47 Å². The zero-order valence-corrected chi connectivity index (χ0v) is 21.8. The molecule has 44 heavy (non-hydrogen) atoms. The van der Waals surface area contributed by atoms with Gasteiger partial charge >= 0.3 is 12.3 Å². The third-order valence-corrected chi connectivity index (χ3v) is 5.81. The van der Waals surface area contributed by atoms with Crippen molar-refractivity contribution in [3.63, 3.8) is 0 Å². The molecule has 2 nitrogen and oxygen atoms in total. The molecule has 0 N–H and O–H groups in total. The molecule has 0 bridgehead atoms. The van der Waals surface area contributed by atoms with E-state index in [0.717, 1.165) is 12.1 Å². The van der Waals surface area contributed by atoms with Crippen LogP contribution >= 0.6 is 0 Å². The Morgan fingerprint density at radius 1 is 0.591 bits per heavy atom. The third kappa shape index (κ3) is 6.72. The molecule has 0 saturated carbocycles. The van der Waals surface area contributed by atoms with Gasteiger partial charge in [-0.2, -0.15) is 22.0 Å². The molecule has 0 amide bonds. The maximum Gasteiger partial charge on any atom is 0.432 e. The first kappa shape index (κ1) is 32.1. The first-order valence-electron chi connectivity index (χ1n) is 12.1. The second-order valence-corrected chi connectivity index (χ2v) is 8.83. The van der Waals surface area contributed by atoms with Gasteiger partial charge in [-0.15, -0.1) is 0 Å². The maximum atomic E-state index is 14.8. The Hall–Kier alpha value is -4.80. The van der Waals surface area contributed by atoms with Gasteiger partial charge in [0.1, 0.15) is 63.3 Å². The van der Waals surface area contributed by atoms with E-state index in [1.165, 1.54) is 0 Å². The molecule has 230 valence electrons. The summed E-state index contributed by atoms with van der Waals surface area (Å²) in [6, 6.07) is 4.10. The number of hydrogen-bond acceptors (Lipinski definition) is 2. The summed E-state index contributed by atoms with van der Waals surface area (Å²) >= 11 is 0. The van der Waals surface area contributed by atoms with Crippen LogP contribution in [-0.4, -0.2) is 6.61 Å². The van der Waals surface area contributed by atoms with Crippen molar-refractivity contribution < 1.29 is 62.2 Å². The van der Waals surface area contributed by atoms with Crippen molar-refractivity contribution in [1.82, 2.24) is 0 Å². The summed E-state index contributed by atoms with van der Waals surface area (Å²) in [4.78, 5) is 0. The lowest BCUT2D eigenvalue weighted by Crippen LogP contribution is -2.25. The summed E-state index contributed by atoms with van der Waals surface area (Å²) in [5, 5.41) is 0. The standard InChI is InChI=1S/C30H14F12O2/c1-2-43-17-12-21(32)19(22(33)13-17)5-3-14-7-23(34)28(24(35)8-14)30(41,42)44-16-4-6-18(20(31)11-16)15-9-25(36)27(26(37)10-15)29(38,39)40/h4,6-13H,2H2,1H3. The number of hydrogen-bond donors (Lipinski definition) is 0. The average molecular weight is 634 g/mol. The zero-order chi connectivity index (χ0) is 32.6. The van der Waals surface area contributed by atoms with Gasteiger partial charge in [0.15, 0.2) is 0 Å². The minimum atomic E-state index is -5.39. The minimum Gasteiger partial charge on any atom is -0.494 e. The highest BCUT2D eigenvalue weighted by atomic mass is 19.4. The molecule has 0 spiro atoms. The molecule has 0 aliphatic heterocycles. The molecule has 0 aliphatic carbocycles. The van der Waals surface area contributed by atoms with E-state index >= 15 is 0 Å². The van der Waals surface area contributed by atoms with Gasteiger partial charge in [0.05, 0.1) is 12.2 Å². The van der Waals surface area contributed by atoms with Crippen LogP contribution in [0.1, 0.15) is 29.2 Å². The van der Waals surface area contributed by atoms with Crippen molar-refractivity contribution in [1.29, 1.82) is 0 Å². The van der Waals surface area contributed by atoms with E-state index in [-0.39, 0.29) is 30.6 Å². The summed E-state index contributed by atoms with van der Waals surface area (Å²) < 4.78 is 177. The molecule has 0 aliphatic rings. The SMILES string of the molecule is CCOc1cc(F)c(C#Cc2cc(F)c(C(F)(F)Oc3ccc(-c4cc(F)c(C(F)(F)F)c(F)c4)c(F)c3)c(F)c2)c(F)c1. The molecular weight excluding hydrogens is 620 g/mol. The Balaban J connectivity index is 1.60. The van der Waals surface area contributed by atoms with Crippen molar-refractivity contribution >= 4 is 0 Å². The van der Waals surface area contributed by atoms with Gasteiger partial charge in [-0.3, -0.25) is 0 Å². The van der Waals surface area contributed by atoms with Crippen molar-refractivity contribution in [3.05, 3.63) is 118 Å². The second kappa shape index (κ2) is 12.1. The molecule has 4 aromatic carbocycles. The molecule has 0 unspecified atom stereocenters. The Morgan fingerprint density at radius 2 is 1.11 bits per heavy atom. The molecule has 0 saturated heterocycles. The largest absolute Gasteiger partial charge is 0.494 e. The first-order valence-corrected chi connectivity index (χ1v) is 12.1. The number of benzene rings is 4. The fourth-order valence-electron chi connectivity index (χ4n) is 3.97. The number of ether oxygens (including phenoxy) is 2. The fourth-order valence-corrected chi connectivity index (χ4v) is 3.97. The van der Waals surface area contributed by atoms with E-state index < -0.39 is 92.1 Å². The van der Waals surface area contributed by atoms with Crippen molar-refractivity contribution in [2.45, 2.75) is 19.2 Å². The highest BCUT2D eigenvalue weighted by Gasteiger charge is 2.41. The quantitative estimate of drug-likeness (QED) is 0.156. The third-order valence-electron chi connectivity index (χ3n) is 5.81. The normalized spacial score (nSPS) is 11.7. The van der Waals surface area contributed by atoms with E-state index in [9.17, 15) is 52.7 Å². The van der Waals surface area contributed by atoms with Crippen LogP contribution in [0, 0.1) is 52.6 Å². The number of halogens is 12. The zero-order valence-electron chi connectivity index (χ0n) is 21.8. The fraction of sp³-hybridized carbons (Fsp3) is 0.133. The van der Waals surface area contributed by atoms with Gasteiger partial charge in [-0.25, -0.2) is 30.7 Å². The lowest BCUT2D eigenvalue weighted by molar-refractivity contribution is -0.189. The van der Waals surface area contributed by atoms with Gasteiger partial charge in [-0.1, -0.05) is 11.8 Å². The summed E-state index contributed by atoms with van der Waals surface area (Å²) in [5.41, 5.74) is -7.00. The Bertz CT molecular complexity index is 1730. The van der Waals surface area contributed by atoms with E-state index in [2.05, 4.69) is 10.7 Å². The minimum absolute atomic E-state index is 0.106.